The van der Waals surface area contributed by atoms with Crippen LogP contribution >= 0.6 is 0 Å². The van der Waals surface area contributed by atoms with Crippen LogP contribution in [0.4, 0.5) is 5.69 Å². The van der Waals surface area contributed by atoms with E-state index in [9.17, 15) is 14.7 Å². The van der Waals surface area contributed by atoms with Crippen molar-refractivity contribution in [3.05, 3.63) is 94.8 Å². The molecule has 0 spiro atoms. The average molecular weight is 513 g/mol. The van der Waals surface area contributed by atoms with Gasteiger partial charge in [0.2, 0.25) is 0 Å². The number of aliphatic hydroxyl groups excluding tert-OH is 1. The van der Waals surface area contributed by atoms with Crippen molar-refractivity contribution in [1.82, 2.24) is 4.98 Å². The molecule has 1 N–H and O–H groups in total. The summed E-state index contributed by atoms with van der Waals surface area (Å²) in [7, 11) is 0. The van der Waals surface area contributed by atoms with Crippen molar-refractivity contribution in [3.63, 3.8) is 0 Å². The predicted molar refractivity (Wildman–Crippen MR) is 150 cm³/mol. The molecule has 0 radical (unpaired) electrons. The number of carbonyl (C=O) groups excluding carboxylic acids is 2. The van der Waals surface area contributed by atoms with Crippen LogP contribution in [-0.2, 0) is 20.4 Å². The van der Waals surface area contributed by atoms with Gasteiger partial charge in [-0.05, 0) is 71.3 Å². The van der Waals surface area contributed by atoms with Crippen molar-refractivity contribution >= 4 is 23.1 Å². The van der Waals surface area contributed by atoms with Gasteiger partial charge in [-0.25, -0.2) is 0 Å². The van der Waals surface area contributed by atoms with Crippen LogP contribution in [0.15, 0.2) is 72.6 Å². The maximum atomic E-state index is 13.5. The zero-order valence-corrected chi connectivity index (χ0v) is 23.2. The van der Waals surface area contributed by atoms with E-state index in [0.717, 1.165) is 16.9 Å². The smallest absolute Gasteiger partial charge is 0.300 e. The standard InChI is InChI=1S/C32H36N2O4/c1-8-38-25-14-9-21(19-24(25)32(5,6)7)28(35)26-27(20-15-17-33-18-16-20)34(30(37)29(26)36)23-12-10-22(11-13-23)31(2,3)4/h9-19,27,35H,8H2,1-7H3/b28-26-. The van der Waals surface area contributed by atoms with Crippen LogP contribution in [0.25, 0.3) is 5.76 Å². The Morgan fingerprint density at radius 3 is 2.11 bits per heavy atom. The molecule has 1 amide bonds. The van der Waals surface area contributed by atoms with Crippen molar-refractivity contribution in [3.8, 4) is 5.75 Å². The molecule has 0 bridgehead atoms. The topological polar surface area (TPSA) is 79.7 Å². The first-order valence-corrected chi connectivity index (χ1v) is 12.9. The molecule has 1 fully saturated rings. The third-order valence-corrected chi connectivity index (χ3v) is 6.84. The van der Waals surface area contributed by atoms with Crippen molar-refractivity contribution < 1.29 is 19.4 Å². The first kappa shape index (κ1) is 27.1. The Bertz CT molecular complexity index is 1380. The number of anilines is 1. The van der Waals surface area contributed by atoms with Crippen molar-refractivity contribution in [2.45, 2.75) is 65.3 Å². The number of carbonyl (C=O) groups is 2. The van der Waals surface area contributed by atoms with Gasteiger partial charge in [-0.15, -0.1) is 0 Å². The van der Waals surface area contributed by atoms with Crippen LogP contribution in [0.2, 0.25) is 0 Å². The van der Waals surface area contributed by atoms with E-state index in [-0.39, 0.29) is 22.2 Å². The molecule has 2 heterocycles. The highest BCUT2D eigenvalue weighted by Crippen LogP contribution is 2.43. The van der Waals surface area contributed by atoms with E-state index in [0.29, 0.717) is 23.4 Å². The number of aromatic nitrogens is 1. The Balaban J connectivity index is 1.90. The normalized spacial score (nSPS) is 17.7. The molecule has 4 rings (SSSR count). The van der Waals surface area contributed by atoms with Gasteiger partial charge in [0.15, 0.2) is 0 Å². The number of hydrogen-bond donors (Lipinski definition) is 1. The number of benzene rings is 2. The fourth-order valence-corrected chi connectivity index (χ4v) is 4.78. The van der Waals surface area contributed by atoms with Gasteiger partial charge in [0.05, 0.1) is 18.2 Å². The lowest BCUT2D eigenvalue weighted by Crippen LogP contribution is -2.29. The van der Waals surface area contributed by atoms with Crippen LogP contribution in [0.5, 0.6) is 5.75 Å². The second-order valence-electron chi connectivity index (χ2n) is 11.6. The average Bonchev–Trinajstić information content (AvgIpc) is 3.13. The second-order valence-corrected chi connectivity index (χ2v) is 11.6. The molecule has 6 heteroatoms. The molecule has 1 saturated heterocycles. The van der Waals surface area contributed by atoms with Crippen molar-refractivity contribution in [1.29, 1.82) is 0 Å². The molecule has 1 aliphatic heterocycles. The highest BCUT2D eigenvalue weighted by atomic mass is 16.5. The maximum absolute atomic E-state index is 13.5. The van der Waals surface area contributed by atoms with E-state index in [1.54, 1.807) is 30.6 Å². The fourth-order valence-electron chi connectivity index (χ4n) is 4.78. The minimum atomic E-state index is -0.803. The molecule has 38 heavy (non-hydrogen) atoms. The lowest BCUT2D eigenvalue weighted by atomic mass is 9.84. The lowest BCUT2D eigenvalue weighted by Gasteiger charge is -2.27. The van der Waals surface area contributed by atoms with Crippen molar-refractivity contribution in [2.75, 3.05) is 11.5 Å². The first-order valence-electron chi connectivity index (χ1n) is 12.9. The molecule has 3 aromatic rings. The largest absolute Gasteiger partial charge is 0.507 e. The Morgan fingerprint density at radius 1 is 0.921 bits per heavy atom. The molecule has 2 aromatic carbocycles. The Kier molecular flexibility index (Phi) is 7.20. The number of ether oxygens (including phenoxy) is 1. The van der Waals surface area contributed by atoms with Gasteiger partial charge >= 0.3 is 0 Å². The van der Waals surface area contributed by atoms with E-state index in [4.69, 9.17) is 4.74 Å². The van der Waals surface area contributed by atoms with E-state index >= 15 is 0 Å². The first-order chi connectivity index (χ1) is 17.8. The van der Waals surface area contributed by atoms with E-state index in [2.05, 4.69) is 46.5 Å². The Morgan fingerprint density at radius 2 is 1.55 bits per heavy atom. The Labute approximate surface area is 225 Å². The molecule has 1 unspecified atom stereocenters. The molecular weight excluding hydrogens is 476 g/mol. The van der Waals surface area contributed by atoms with Crippen molar-refractivity contribution in [2.24, 2.45) is 0 Å². The summed E-state index contributed by atoms with van der Waals surface area (Å²) in [4.78, 5) is 32.6. The van der Waals surface area contributed by atoms with Crippen LogP contribution in [0.3, 0.4) is 0 Å². The predicted octanol–water partition coefficient (Wildman–Crippen LogP) is 6.70. The number of nitrogens with zero attached hydrogens (tertiary/aromatic N) is 2. The van der Waals surface area contributed by atoms with E-state index in [1.165, 1.54) is 4.90 Å². The minimum Gasteiger partial charge on any atom is -0.507 e. The molecule has 198 valence electrons. The molecule has 1 aliphatic rings. The molecule has 6 nitrogen and oxygen atoms in total. The van der Waals surface area contributed by atoms with Gasteiger partial charge in [-0.2, -0.15) is 0 Å². The van der Waals surface area contributed by atoms with Crippen LogP contribution in [-0.4, -0.2) is 28.4 Å². The number of ketones is 1. The van der Waals surface area contributed by atoms with Gasteiger partial charge in [0.25, 0.3) is 11.7 Å². The summed E-state index contributed by atoms with van der Waals surface area (Å²) in [5.74, 6) is -0.900. The minimum absolute atomic E-state index is 0.0464. The second kappa shape index (κ2) is 10.1. The zero-order chi connectivity index (χ0) is 27.8. The van der Waals surface area contributed by atoms with E-state index < -0.39 is 17.7 Å². The van der Waals surface area contributed by atoms with Gasteiger partial charge in [-0.3, -0.25) is 19.5 Å². The summed E-state index contributed by atoms with van der Waals surface area (Å²) >= 11 is 0. The summed E-state index contributed by atoms with van der Waals surface area (Å²) in [6.45, 7) is 15.0. The van der Waals surface area contributed by atoms with Crippen LogP contribution in [0.1, 0.15) is 76.8 Å². The molecule has 1 aromatic heterocycles. The summed E-state index contributed by atoms with van der Waals surface area (Å²) < 4.78 is 5.83. The summed E-state index contributed by atoms with van der Waals surface area (Å²) in [6.07, 6.45) is 3.24. The molecule has 0 aliphatic carbocycles. The van der Waals surface area contributed by atoms with Crippen LogP contribution < -0.4 is 9.64 Å². The molecule has 1 atom stereocenters. The number of pyridine rings is 1. The van der Waals surface area contributed by atoms with Gasteiger partial charge < -0.3 is 9.84 Å². The summed E-state index contributed by atoms with van der Waals surface area (Å²) in [5, 5.41) is 11.6. The van der Waals surface area contributed by atoms with Gasteiger partial charge in [0.1, 0.15) is 11.5 Å². The SMILES string of the molecule is CCOc1ccc(/C(O)=C2/C(=O)C(=O)N(c3ccc(C(C)(C)C)cc3)C2c2ccncc2)cc1C(C)(C)C. The highest BCUT2D eigenvalue weighted by molar-refractivity contribution is 6.51. The number of aliphatic hydroxyl groups is 1. The van der Waals surface area contributed by atoms with E-state index in [1.807, 2.05) is 43.3 Å². The number of Topliss-reactive ketones (excluding diaryl/α,β-unsaturated/α-hetero) is 1. The highest BCUT2D eigenvalue weighted by Gasteiger charge is 2.47. The summed E-state index contributed by atoms with van der Waals surface area (Å²) in [5.41, 5.74) is 3.45. The quantitative estimate of drug-likeness (QED) is 0.234. The van der Waals surface area contributed by atoms with Gasteiger partial charge in [-0.1, -0.05) is 53.7 Å². The lowest BCUT2D eigenvalue weighted by molar-refractivity contribution is -0.132. The molecular formula is C32H36N2O4. The Hall–Kier alpha value is -3.93. The molecule has 0 saturated carbocycles. The fraction of sp³-hybridized carbons (Fsp3) is 0.344. The number of amides is 1. The number of hydrogen-bond acceptors (Lipinski definition) is 5. The number of rotatable bonds is 5. The third kappa shape index (κ3) is 5.08. The zero-order valence-electron chi connectivity index (χ0n) is 23.2. The monoisotopic (exact) mass is 512 g/mol. The summed E-state index contributed by atoms with van der Waals surface area (Å²) in [6, 6.07) is 15.8. The maximum Gasteiger partial charge on any atom is 0.300 e. The van der Waals surface area contributed by atoms with Crippen LogP contribution in [0, 0.1) is 0 Å². The third-order valence-electron chi connectivity index (χ3n) is 6.84. The van der Waals surface area contributed by atoms with Gasteiger partial charge in [0, 0.05) is 29.2 Å².